The van der Waals surface area contributed by atoms with Crippen molar-refractivity contribution in [2.45, 2.75) is 32.6 Å². The van der Waals surface area contributed by atoms with Crippen LogP contribution in [-0.4, -0.2) is 32.2 Å². The maximum absolute atomic E-state index is 12.9. The first-order valence-corrected chi connectivity index (χ1v) is 8.71. The molecule has 0 atom stereocenters. The van der Waals surface area contributed by atoms with E-state index in [2.05, 4.69) is 48.1 Å². The molecule has 6 nitrogen and oxygen atoms in total. The van der Waals surface area contributed by atoms with Crippen molar-refractivity contribution in [3.8, 4) is 5.82 Å². The maximum Gasteiger partial charge on any atom is 0.278 e. The predicted molar refractivity (Wildman–Crippen MR) is 99.7 cm³/mol. The van der Waals surface area contributed by atoms with Crippen molar-refractivity contribution in [3.05, 3.63) is 65.9 Å². The molecule has 132 valence electrons. The van der Waals surface area contributed by atoms with Crippen LogP contribution in [0.5, 0.6) is 0 Å². The van der Waals surface area contributed by atoms with Gasteiger partial charge >= 0.3 is 0 Å². The van der Waals surface area contributed by atoms with Crippen molar-refractivity contribution in [2.24, 2.45) is 0 Å². The topological polar surface area (TPSA) is 63.9 Å². The van der Waals surface area contributed by atoms with Crippen LogP contribution in [0.4, 0.5) is 5.69 Å². The van der Waals surface area contributed by atoms with E-state index < -0.39 is 0 Å². The van der Waals surface area contributed by atoms with Crippen LogP contribution in [0, 0.1) is 0 Å². The second kappa shape index (κ2) is 6.05. The molecule has 1 aliphatic heterocycles. The van der Waals surface area contributed by atoms with Crippen molar-refractivity contribution in [1.29, 1.82) is 0 Å². The lowest BCUT2D eigenvalue weighted by Gasteiger charge is -2.21. The molecule has 0 spiro atoms. The van der Waals surface area contributed by atoms with Crippen LogP contribution in [0.1, 0.15) is 42.4 Å². The lowest BCUT2D eigenvalue weighted by Crippen LogP contribution is -2.30. The van der Waals surface area contributed by atoms with Crippen LogP contribution >= 0.6 is 0 Å². The summed E-state index contributed by atoms with van der Waals surface area (Å²) in [6.45, 7) is 7.27. The second-order valence-corrected chi connectivity index (χ2v) is 7.55. The van der Waals surface area contributed by atoms with E-state index in [1.165, 1.54) is 11.1 Å². The van der Waals surface area contributed by atoms with E-state index in [1.54, 1.807) is 40.3 Å². The smallest absolute Gasteiger partial charge is 0.278 e. The molecule has 3 heterocycles. The number of fused-ring (bicyclic) bond motifs is 1. The van der Waals surface area contributed by atoms with Gasteiger partial charge in [-0.2, -0.15) is 0 Å². The predicted octanol–water partition coefficient (Wildman–Crippen LogP) is 3.16. The Labute approximate surface area is 152 Å². The fourth-order valence-electron chi connectivity index (χ4n) is 3.19. The van der Waals surface area contributed by atoms with E-state index in [4.69, 9.17) is 0 Å². The third-order valence-electron chi connectivity index (χ3n) is 4.72. The van der Waals surface area contributed by atoms with Crippen LogP contribution < -0.4 is 4.90 Å². The molecule has 1 amide bonds. The molecule has 6 heteroatoms. The molecule has 0 bridgehead atoms. The summed E-state index contributed by atoms with van der Waals surface area (Å²) in [4.78, 5) is 18.7. The van der Waals surface area contributed by atoms with E-state index in [-0.39, 0.29) is 11.3 Å². The lowest BCUT2D eigenvalue weighted by atomic mass is 9.86. The number of carbonyl (C=O) groups is 1. The lowest BCUT2D eigenvalue weighted by molar-refractivity contribution is 0.0983. The monoisotopic (exact) mass is 347 g/mol. The fourth-order valence-corrected chi connectivity index (χ4v) is 3.19. The number of benzene rings is 1. The first-order valence-electron chi connectivity index (χ1n) is 8.71. The molecule has 4 rings (SSSR count). The Balaban J connectivity index is 1.59. The highest BCUT2D eigenvalue weighted by molar-refractivity contribution is 6.06. The number of anilines is 1. The molecule has 0 saturated heterocycles. The number of amides is 1. The molecule has 3 aromatic rings. The third kappa shape index (κ3) is 2.87. The van der Waals surface area contributed by atoms with Gasteiger partial charge in [-0.15, -0.1) is 10.2 Å². The molecular weight excluding hydrogens is 326 g/mol. The van der Waals surface area contributed by atoms with Crippen LogP contribution in [0.25, 0.3) is 5.82 Å². The summed E-state index contributed by atoms with van der Waals surface area (Å²) < 4.78 is 1.75. The van der Waals surface area contributed by atoms with Gasteiger partial charge in [-0.3, -0.25) is 9.36 Å². The quantitative estimate of drug-likeness (QED) is 0.714. The molecule has 0 saturated carbocycles. The first-order chi connectivity index (χ1) is 12.4. The summed E-state index contributed by atoms with van der Waals surface area (Å²) in [7, 11) is 0. The minimum Gasteiger partial charge on any atom is -0.306 e. The van der Waals surface area contributed by atoms with E-state index in [0.717, 1.165) is 12.1 Å². The normalized spacial score (nSPS) is 13.7. The van der Waals surface area contributed by atoms with Crippen molar-refractivity contribution in [3.63, 3.8) is 0 Å². The summed E-state index contributed by atoms with van der Waals surface area (Å²) >= 11 is 0. The van der Waals surface area contributed by atoms with Gasteiger partial charge in [-0.1, -0.05) is 32.9 Å². The number of aromatic nitrogens is 4. The standard InChI is InChI=1S/C20H21N5O/c1-20(2,3)15-4-6-17-14(12-15)8-10-25(17)19(26)16-5-7-18(23-22-16)24-11-9-21-13-24/h4-7,9,11-13H,8,10H2,1-3H3. The van der Waals surface area contributed by atoms with Gasteiger partial charge in [0.1, 0.15) is 6.33 Å². The minimum atomic E-state index is -0.114. The van der Waals surface area contributed by atoms with Gasteiger partial charge in [0.15, 0.2) is 11.5 Å². The molecule has 0 radical (unpaired) electrons. The van der Waals surface area contributed by atoms with Gasteiger partial charge in [0.25, 0.3) is 5.91 Å². The van der Waals surface area contributed by atoms with Crippen LogP contribution in [0.15, 0.2) is 49.1 Å². The Hall–Kier alpha value is -3.02. The first kappa shape index (κ1) is 16.4. The number of rotatable bonds is 2. The van der Waals surface area contributed by atoms with Crippen LogP contribution in [0.2, 0.25) is 0 Å². The third-order valence-corrected chi connectivity index (χ3v) is 4.72. The SMILES string of the molecule is CC(C)(C)c1ccc2c(c1)CCN2C(=O)c1ccc(-n2ccnc2)nn1. The van der Waals surface area contributed by atoms with E-state index >= 15 is 0 Å². The highest BCUT2D eigenvalue weighted by Crippen LogP contribution is 2.33. The van der Waals surface area contributed by atoms with Crippen LogP contribution in [-0.2, 0) is 11.8 Å². The average Bonchev–Trinajstić information content (AvgIpc) is 3.30. The van der Waals surface area contributed by atoms with Gasteiger partial charge < -0.3 is 4.90 Å². The summed E-state index contributed by atoms with van der Waals surface area (Å²) in [6.07, 6.45) is 5.98. The fraction of sp³-hybridized carbons (Fsp3) is 0.300. The molecule has 0 N–H and O–H groups in total. The summed E-state index contributed by atoms with van der Waals surface area (Å²) in [5, 5.41) is 8.26. The highest BCUT2D eigenvalue weighted by atomic mass is 16.2. The van der Waals surface area contributed by atoms with Gasteiger partial charge in [0.2, 0.25) is 0 Å². The number of carbonyl (C=O) groups excluding carboxylic acids is 1. The molecule has 0 fully saturated rings. The van der Waals surface area contributed by atoms with E-state index in [1.807, 2.05) is 6.07 Å². The Morgan fingerprint density at radius 1 is 1.12 bits per heavy atom. The minimum absolute atomic E-state index is 0.0983. The Morgan fingerprint density at radius 2 is 1.96 bits per heavy atom. The number of hydrogen-bond acceptors (Lipinski definition) is 4. The van der Waals surface area contributed by atoms with E-state index in [9.17, 15) is 4.79 Å². The largest absolute Gasteiger partial charge is 0.306 e. The van der Waals surface area contributed by atoms with Crippen molar-refractivity contribution in [1.82, 2.24) is 19.7 Å². The Morgan fingerprint density at radius 3 is 2.62 bits per heavy atom. The van der Waals surface area contributed by atoms with Gasteiger partial charge in [-0.25, -0.2) is 4.98 Å². The van der Waals surface area contributed by atoms with Gasteiger partial charge in [-0.05, 0) is 41.2 Å². The molecule has 1 aromatic carbocycles. The zero-order chi connectivity index (χ0) is 18.3. The molecule has 2 aromatic heterocycles. The second-order valence-electron chi connectivity index (χ2n) is 7.55. The molecule has 0 aliphatic carbocycles. The number of hydrogen-bond donors (Lipinski definition) is 0. The summed E-state index contributed by atoms with van der Waals surface area (Å²) in [6, 6.07) is 9.87. The number of imidazole rings is 1. The number of nitrogens with zero attached hydrogens (tertiary/aromatic N) is 5. The average molecular weight is 347 g/mol. The summed E-state index contributed by atoms with van der Waals surface area (Å²) in [5.41, 5.74) is 3.93. The van der Waals surface area contributed by atoms with Crippen molar-refractivity contribution < 1.29 is 4.79 Å². The van der Waals surface area contributed by atoms with Crippen LogP contribution in [0.3, 0.4) is 0 Å². The molecule has 0 unspecified atom stereocenters. The van der Waals surface area contributed by atoms with Gasteiger partial charge in [0, 0.05) is 24.6 Å². The molecule has 1 aliphatic rings. The van der Waals surface area contributed by atoms with Crippen molar-refractivity contribution >= 4 is 11.6 Å². The molecular formula is C20H21N5O. The van der Waals surface area contributed by atoms with Gasteiger partial charge in [0.05, 0.1) is 0 Å². The zero-order valence-corrected chi connectivity index (χ0v) is 15.2. The highest BCUT2D eigenvalue weighted by Gasteiger charge is 2.28. The maximum atomic E-state index is 12.9. The van der Waals surface area contributed by atoms with Crippen molar-refractivity contribution in [2.75, 3.05) is 11.4 Å². The zero-order valence-electron chi connectivity index (χ0n) is 15.2. The Bertz CT molecular complexity index is 939. The molecule has 26 heavy (non-hydrogen) atoms. The Kier molecular flexibility index (Phi) is 3.83. The summed E-state index contributed by atoms with van der Waals surface area (Å²) in [5.74, 6) is 0.521. The van der Waals surface area contributed by atoms with E-state index in [0.29, 0.717) is 18.1 Å².